The molecule has 0 bridgehead atoms. The van der Waals surface area contributed by atoms with Gasteiger partial charge in [-0.15, -0.1) is 0 Å². The van der Waals surface area contributed by atoms with Gasteiger partial charge in [-0.05, 0) is 26.0 Å². The molecule has 0 fully saturated rings. The summed E-state index contributed by atoms with van der Waals surface area (Å²) >= 11 is 0. The second-order valence-electron chi connectivity index (χ2n) is 6.40. The Bertz CT molecular complexity index is 980. The van der Waals surface area contributed by atoms with Crippen molar-refractivity contribution in [2.24, 2.45) is 7.05 Å². The normalized spacial score (nSPS) is 11.5. The van der Waals surface area contributed by atoms with E-state index < -0.39 is 5.54 Å². The summed E-state index contributed by atoms with van der Waals surface area (Å²) in [6.07, 6.45) is 3.38. The van der Waals surface area contributed by atoms with Crippen molar-refractivity contribution in [3.8, 4) is 5.75 Å². The Morgan fingerprint density at radius 1 is 1.20 bits per heavy atom. The standard InChI is InChI=1S/C18H21N5O2/c1-18(2,17-20-6-5-7-21-17)22-13-10-15(24)23(3)16-12(13)8-11(19)9-14(16)25-4/h5-10,22H,19H2,1-4H3. The summed E-state index contributed by atoms with van der Waals surface area (Å²) in [4.78, 5) is 21.1. The summed E-state index contributed by atoms with van der Waals surface area (Å²) in [7, 11) is 3.26. The number of methoxy groups -OCH3 is 1. The van der Waals surface area contributed by atoms with Crippen LogP contribution in [0.4, 0.5) is 11.4 Å². The molecule has 3 N–H and O–H groups in total. The molecule has 2 heterocycles. The molecule has 0 atom stereocenters. The number of anilines is 2. The fraction of sp³-hybridized carbons (Fsp3) is 0.278. The lowest BCUT2D eigenvalue weighted by atomic mass is 10.0. The van der Waals surface area contributed by atoms with Gasteiger partial charge in [0.15, 0.2) is 5.82 Å². The Labute approximate surface area is 145 Å². The Morgan fingerprint density at radius 3 is 2.52 bits per heavy atom. The molecule has 0 saturated carbocycles. The minimum absolute atomic E-state index is 0.150. The lowest BCUT2D eigenvalue weighted by Crippen LogP contribution is -2.31. The van der Waals surface area contributed by atoms with E-state index in [1.54, 1.807) is 49.3 Å². The molecule has 0 amide bonds. The highest BCUT2D eigenvalue weighted by Crippen LogP contribution is 2.34. The van der Waals surface area contributed by atoms with Crippen LogP contribution in [0.1, 0.15) is 19.7 Å². The minimum atomic E-state index is -0.585. The highest BCUT2D eigenvalue weighted by Gasteiger charge is 2.25. The van der Waals surface area contributed by atoms with Gasteiger partial charge in [0.25, 0.3) is 5.56 Å². The molecule has 7 heteroatoms. The Kier molecular flexibility index (Phi) is 4.08. The lowest BCUT2D eigenvalue weighted by molar-refractivity contribution is 0.417. The lowest BCUT2D eigenvalue weighted by Gasteiger charge is -2.27. The first-order valence-corrected chi connectivity index (χ1v) is 7.86. The number of aromatic nitrogens is 3. The van der Waals surface area contributed by atoms with Crippen LogP contribution in [0, 0.1) is 0 Å². The van der Waals surface area contributed by atoms with Gasteiger partial charge in [-0.25, -0.2) is 9.97 Å². The molecular weight excluding hydrogens is 318 g/mol. The molecule has 1 aromatic carbocycles. The quantitative estimate of drug-likeness (QED) is 0.708. The van der Waals surface area contributed by atoms with E-state index in [0.717, 1.165) is 5.39 Å². The molecule has 0 aliphatic carbocycles. The molecule has 0 radical (unpaired) electrons. The molecule has 0 aliphatic rings. The van der Waals surface area contributed by atoms with Gasteiger partial charge < -0.3 is 20.4 Å². The maximum atomic E-state index is 12.4. The van der Waals surface area contributed by atoms with Gasteiger partial charge in [0.1, 0.15) is 5.75 Å². The molecular formula is C18H21N5O2. The molecule has 0 saturated heterocycles. The SMILES string of the molecule is COc1cc(N)cc2c(NC(C)(C)c3ncccn3)cc(=O)n(C)c12. The summed E-state index contributed by atoms with van der Waals surface area (Å²) in [5.74, 6) is 1.17. The first-order chi connectivity index (χ1) is 11.8. The predicted octanol–water partition coefficient (Wildman–Crippen LogP) is 2.27. The van der Waals surface area contributed by atoms with E-state index in [1.807, 2.05) is 19.9 Å². The highest BCUT2D eigenvalue weighted by atomic mass is 16.5. The Hall–Kier alpha value is -3.09. The smallest absolute Gasteiger partial charge is 0.252 e. The van der Waals surface area contributed by atoms with Crippen molar-refractivity contribution in [2.45, 2.75) is 19.4 Å². The third-order valence-electron chi connectivity index (χ3n) is 4.11. The molecule has 7 nitrogen and oxygen atoms in total. The summed E-state index contributed by atoms with van der Waals surface area (Å²) in [5, 5.41) is 4.17. The van der Waals surface area contributed by atoms with E-state index in [-0.39, 0.29) is 5.56 Å². The maximum Gasteiger partial charge on any atom is 0.252 e. The molecule has 0 spiro atoms. The van der Waals surface area contributed by atoms with Gasteiger partial charge in [0.05, 0.1) is 18.2 Å². The van der Waals surface area contributed by atoms with Crippen molar-refractivity contribution in [3.05, 3.63) is 52.8 Å². The van der Waals surface area contributed by atoms with Gasteiger partial charge in [0.2, 0.25) is 0 Å². The zero-order valence-corrected chi connectivity index (χ0v) is 14.7. The van der Waals surface area contributed by atoms with E-state index in [2.05, 4.69) is 15.3 Å². The number of rotatable bonds is 4. The molecule has 0 aliphatic heterocycles. The zero-order valence-electron chi connectivity index (χ0n) is 14.7. The van der Waals surface area contributed by atoms with Crippen molar-refractivity contribution >= 4 is 22.3 Å². The van der Waals surface area contributed by atoms with Gasteiger partial charge in [0, 0.05) is 48.3 Å². The third-order valence-corrected chi connectivity index (χ3v) is 4.11. The van der Waals surface area contributed by atoms with Crippen LogP contribution in [0.3, 0.4) is 0 Å². The number of ether oxygens (including phenoxy) is 1. The number of benzene rings is 1. The molecule has 130 valence electrons. The van der Waals surface area contributed by atoms with Crippen LogP contribution in [-0.4, -0.2) is 21.6 Å². The third kappa shape index (κ3) is 3.00. The number of aryl methyl sites for hydroxylation is 1. The molecule has 3 aromatic rings. The van der Waals surface area contributed by atoms with Crippen LogP contribution < -0.4 is 21.3 Å². The first kappa shape index (κ1) is 16.8. The van der Waals surface area contributed by atoms with Crippen molar-refractivity contribution in [1.82, 2.24) is 14.5 Å². The van der Waals surface area contributed by atoms with E-state index in [4.69, 9.17) is 10.5 Å². The van der Waals surface area contributed by atoms with Gasteiger partial charge >= 0.3 is 0 Å². The van der Waals surface area contributed by atoms with Crippen LogP contribution in [0.15, 0.2) is 41.5 Å². The van der Waals surface area contributed by atoms with Crippen molar-refractivity contribution in [3.63, 3.8) is 0 Å². The zero-order chi connectivity index (χ0) is 18.2. The van der Waals surface area contributed by atoms with Gasteiger partial charge in [-0.1, -0.05) is 0 Å². The largest absolute Gasteiger partial charge is 0.494 e. The fourth-order valence-electron chi connectivity index (χ4n) is 2.86. The molecule has 2 aromatic heterocycles. The van der Waals surface area contributed by atoms with Crippen LogP contribution in [0.2, 0.25) is 0 Å². The number of nitrogens with zero attached hydrogens (tertiary/aromatic N) is 3. The van der Waals surface area contributed by atoms with Crippen molar-refractivity contribution in [2.75, 3.05) is 18.2 Å². The Morgan fingerprint density at radius 2 is 1.88 bits per heavy atom. The van der Waals surface area contributed by atoms with E-state index in [0.29, 0.717) is 28.5 Å². The second kappa shape index (κ2) is 6.08. The number of nitrogen functional groups attached to an aromatic ring is 1. The average molecular weight is 339 g/mol. The summed E-state index contributed by atoms with van der Waals surface area (Å²) in [5.41, 5.74) is 7.16. The molecule has 3 rings (SSSR count). The molecule has 0 unspecified atom stereocenters. The van der Waals surface area contributed by atoms with E-state index in [9.17, 15) is 4.79 Å². The van der Waals surface area contributed by atoms with Crippen LogP contribution in [-0.2, 0) is 12.6 Å². The highest BCUT2D eigenvalue weighted by molar-refractivity contribution is 5.97. The van der Waals surface area contributed by atoms with Crippen LogP contribution in [0.25, 0.3) is 10.9 Å². The maximum absolute atomic E-state index is 12.4. The van der Waals surface area contributed by atoms with E-state index in [1.165, 1.54) is 0 Å². The summed E-state index contributed by atoms with van der Waals surface area (Å²) in [6.45, 7) is 3.91. The number of nitrogens with two attached hydrogens (primary N) is 1. The van der Waals surface area contributed by atoms with Crippen molar-refractivity contribution < 1.29 is 4.74 Å². The topological polar surface area (TPSA) is 95.1 Å². The van der Waals surface area contributed by atoms with Gasteiger partial charge in [-0.3, -0.25) is 4.79 Å². The molecule has 25 heavy (non-hydrogen) atoms. The van der Waals surface area contributed by atoms with Crippen molar-refractivity contribution in [1.29, 1.82) is 0 Å². The first-order valence-electron chi connectivity index (χ1n) is 7.86. The number of hydrogen-bond acceptors (Lipinski definition) is 6. The number of nitrogens with one attached hydrogen (secondary N) is 1. The number of fused-ring (bicyclic) bond motifs is 1. The monoisotopic (exact) mass is 339 g/mol. The van der Waals surface area contributed by atoms with E-state index >= 15 is 0 Å². The average Bonchev–Trinajstić information content (AvgIpc) is 2.59. The summed E-state index contributed by atoms with van der Waals surface area (Å²) < 4.78 is 6.97. The number of hydrogen-bond donors (Lipinski definition) is 2. The van der Waals surface area contributed by atoms with Gasteiger partial charge in [-0.2, -0.15) is 0 Å². The fourth-order valence-corrected chi connectivity index (χ4v) is 2.86. The van der Waals surface area contributed by atoms with Crippen LogP contribution >= 0.6 is 0 Å². The summed E-state index contributed by atoms with van der Waals surface area (Å²) in [6, 6.07) is 6.84. The second-order valence-corrected chi connectivity index (χ2v) is 6.40. The van der Waals surface area contributed by atoms with Crippen LogP contribution in [0.5, 0.6) is 5.75 Å². The number of pyridine rings is 1. The predicted molar refractivity (Wildman–Crippen MR) is 98.8 cm³/mol. The Balaban J connectivity index is 2.22. The minimum Gasteiger partial charge on any atom is -0.494 e.